The summed E-state index contributed by atoms with van der Waals surface area (Å²) in [6, 6.07) is 27.6. The zero-order valence-electron chi connectivity index (χ0n) is 25.8. The zero-order chi connectivity index (χ0) is 35.0. The molecule has 0 saturated heterocycles. The van der Waals surface area contributed by atoms with Crippen LogP contribution < -0.4 is 20.2 Å². The van der Waals surface area contributed by atoms with Crippen LogP contribution in [0.15, 0.2) is 139 Å². The molecule has 1 aliphatic heterocycles. The van der Waals surface area contributed by atoms with Crippen molar-refractivity contribution in [2.45, 2.75) is 29.4 Å². The van der Waals surface area contributed by atoms with Crippen molar-refractivity contribution in [3.05, 3.63) is 156 Å². The Labute approximate surface area is 295 Å². The molecular formula is C36H23ClF3N5O3S2. The van der Waals surface area contributed by atoms with Crippen LogP contribution in [-0.2, 0) is 11.0 Å². The molecule has 0 bridgehead atoms. The molecule has 50 heavy (non-hydrogen) atoms. The number of nitrogens with zero attached hydrogens (tertiary/aromatic N) is 4. The number of amides is 1. The van der Waals surface area contributed by atoms with Gasteiger partial charge in [-0.25, -0.2) is 15.0 Å². The molecule has 0 saturated carbocycles. The number of carbonyl (C=O) groups is 1. The summed E-state index contributed by atoms with van der Waals surface area (Å²) >= 11 is 8.12. The molecule has 6 aromatic rings. The Morgan fingerprint density at radius 3 is 2.38 bits per heavy atom. The van der Waals surface area contributed by atoms with Gasteiger partial charge in [-0.05, 0) is 66.7 Å². The minimum atomic E-state index is -4.69. The maximum absolute atomic E-state index is 14.0. The summed E-state index contributed by atoms with van der Waals surface area (Å²) < 4.78 is 48.8. The predicted octanol–water partition coefficient (Wildman–Crippen LogP) is 7.75. The number of fused-ring (bicyclic) bond motifs is 1. The molecule has 1 aliphatic rings. The number of carbonyl (C=O) groups excluding carboxylic acids is 1. The Kier molecular flexibility index (Phi) is 9.03. The van der Waals surface area contributed by atoms with E-state index in [1.807, 2.05) is 6.07 Å². The number of thiazole rings is 1. The van der Waals surface area contributed by atoms with Crippen LogP contribution in [0.4, 0.5) is 18.9 Å². The van der Waals surface area contributed by atoms with E-state index >= 15 is 0 Å². The van der Waals surface area contributed by atoms with Crippen LogP contribution in [0.25, 0.3) is 17.3 Å². The molecule has 7 rings (SSSR count). The quantitative estimate of drug-likeness (QED) is 0.169. The van der Waals surface area contributed by atoms with Crippen LogP contribution >= 0.6 is 34.7 Å². The molecule has 3 aromatic heterocycles. The first kappa shape index (κ1) is 33.3. The van der Waals surface area contributed by atoms with Crippen LogP contribution in [0.5, 0.6) is 0 Å². The largest absolute Gasteiger partial charge is 0.450 e. The van der Waals surface area contributed by atoms with Gasteiger partial charge >= 0.3 is 6.18 Å². The highest BCUT2D eigenvalue weighted by Gasteiger charge is 2.34. The molecule has 1 amide bonds. The second-order valence-electron chi connectivity index (χ2n) is 11.0. The van der Waals surface area contributed by atoms with Gasteiger partial charge in [0.25, 0.3) is 11.5 Å². The molecule has 1 N–H and O–H groups in total. The minimum Gasteiger partial charge on any atom is -0.450 e. The van der Waals surface area contributed by atoms with Gasteiger partial charge in [0.05, 0.1) is 27.5 Å². The minimum absolute atomic E-state index is 0.116. The van der Waals surface area contributed by atoms with Crippen LogP contribution in [0, 0.1) is 0 Å². The van der Waals surface area contributed by atoms with Crippen molar-refractivity contribution in [2.24, 2.45) is 4.99 Å². The highest BCUT2D eigenvalue weighted by molar-refractivity contribution is 7.99. The number of rotatable bonds is 7. The number of allylic oxidation sites excluding steroid dienone is 1. The van der Waals surface area contributed by atoms with Crippen LogP contribution in [0.3, 0.4) is 0 Å². The van der Waals surface area contributed by atoms with Crippen LogP contribution in [0.2, 0.25) is 5.02 Å². The fraction of sp³-hybridized carbons (Fsp3) is 0.0833. The van der Waals surface area contributed by atoms with Gasteiger partial charge in [-0.15, -0.1) is 0 Å². The van der Waals surface area contributed by atoms with Gasteiger partial charge in [0.2, 0.25) is 0 Å². The summed E-state index contributed by atoms with van der Waals surface area (Å²) in [5, 5.41) is 3.47. The number of benzene rings is 3. The molecule has 0 unspecified atom stereocenters. The number of furan rings is 1. The fourth-order valence-electron chi connectivity index (χ4n) is 5.35. The van der Waals surface area contributed by atoms with Crippen molar-refractivity contribution < 1.29 is 22.4 Å². The lowest BCUT2D eigenvalue weighted by molar-refractivity contribution is -0.141. The Bertz CT molecular complexity index is 2440. The molecule has 0 radical (unpaired) electrons. The number of anilines is 1. The van der Waals surface area contributed by atoms with Gasteiger partial charge in [-0.1, -0.05) is 83.6 Å². The zero-order valence-corrected chi connectivity index (χ0v) is 28.2. The molecule has 8 nitrogen and oxygen atoms in total. The van der Waals surface area contributed by atoms with E-state index in [1.54, 1.807) is 97.9 Å². The van der Waals surface area contributed by atoms with Gasteiger partial charge in [-0.2, -0.15) is 13.2 Å². The van der Waals surface area contributed by atoms with E-state index in [0.29, 0.717) is 37.9 Å². The van der Waals surface area contributed by atoms with Crippen molar-refractivity contribution >= 4 is 52.4 Å². The molecule has 0 fully saturated rings. The van der Waals surface area contributed by atoms with E-state index in [9.17, 15) is 22.8 Å². The molecule has 1 atom stereocenters. The van der Waals surface area contributed by atoms with Gasteiger partial charge in [-0.3, -0.25) is 14.2 Å². The summed E-state index contributed by atoms with van der Waals surface area (Å²) in [5.74, 6) is -0.138. The Hall–Kier alpha value is -5.24. The number of alkyl halides is 3. The van der Waals surface area contributed by atoms with E-state index in [1.165, 1.54) is 10.6 Å². The van der Waals surface area contributed by atoms with Gasteiger partial charge in [0, 0.05) is 22.3 Å². The fourth-order valence-corrected chi connectivity index (χ4v) is 7.25. The topological polar surface area (TPSA) is 102 Å². The highest BCUT2D eigenvalue weighted by atomic mass is 35.5. The molecular weight excluding hydrogens is 707 g/mol. The van der Waals surface area contributed by atoms with Gasteiger partial charge in [0.15, 0.2) is 15.1 Å². The molecule has 14 heteroatoms. The summed E-state index contributed by atoms with van der Waals surface area (Å²) in [7, 11) is 0. The monoisotopic (exact) mass is 729 g/mol. The lowest BCUT2D eigenvalue weighted by atomic mass is 9.95. The number of aromatic nitrogens is 3. The Morgan fingerprint density at radius 1 is 0.980 bits per heavy atom. The van der Waals surface area contributed by atoms with Crippen molar-refractivity contribution in [1.82, 2.24) is 14.5 Å². The van der Waals surface area contributed by atoms with Crippen molar-refractivity contribution in [3.8, 4) is 11.3 Å². The predicted molar refractivity (Wildman–Crippen MR) is 186 cm³/mol. The maximum Gasteiger partial charge on any atom is 0.433 e. The highest BCUT2D eigenvalue weighted by Crippen LogP contribution is 2.35. The van der Waals surface area contributed by atoms with Crippen LogP contribution in [0.1, 0.15) is 30.0 Å². The Morgan fingerprint density at radius 2 is 1.68 bits per heavy atom. The third kappa shape index (κ3) is 6.93. The first-order valence-corrected chi connectivity index (χ1v) is 17.0. The third-order valence-electron chi connectivity index (χ3n) is 7.62. The molecule has 0 spiro atoms. The number of nitrogens with one attached hydrogen (secondary N) is 1. The Balaban J connectivity index is 1.24. The van der Waals surface area contributed by atoms with Crippen molar-refractivity contribution in [2.75, 3.05) is 5.32 Å². The summed E-state index contributed by atoms with van der Waals surface area (Å²) in [6.45, 7) is 1.72. The summed E-state index contributed by atoms with van der Waals surface area (Å²) in [4.78, 5) is 40.8. The lowest BCUT2D eigenvalue weighted by Crippen LogP contribution is -2.40. The first-order valence-electron chi connectivity index (χ1n) is 15.0. The van der Waals surface area contributed by atoms with Crippen LogP contribution in [-0.4, -0.2) is 20.4 Å². The number of hydrogen-bond acceptors (Lipinski definition) is 8. The first-order chi connectivity index (χ1) is 24.0. The van der Waals surface area contributed by atoms with Crippen molar-refractivity contribution in [1.29, 1.82) is 0 Å². The average molecular weight is 730 g/mol. The molecule has 0 aliphatic carbocycles. The summed E-state index contributed by atoms with van der Waals surface area (Å²) in [6.07, 6.45) is -3.16. The maximum atomic E-state index is 14.0. The lowest BCUT2D eigenvalue weighted by Gasteiger charge is -2.25. The van der Waals surface area contributed by atoms with E-state index in [2.05, 4.69) is 20.3 Å². The van der Waals surface area contributed by atoms with Crippen molar-refractivity contribution in [3.63, 3.8) is 0 Å². The van der Waals surface area contributed by atoms with Gasteiger partial charge < -0.3 is 9.73 Å². The van der Waals surface area contributed by atoms with Gasteiger partial charge in [0.1, 0.15) is 11.5 Å². The number of para-hydroxylation sites is 1. The average Bonchev–Trinajstić information content (AvgIpc) is 3.67. The molecule has 3 aromatic carbocycles. The second-order valence-corrected chi connectivity index (χ2v) is 13.4. The summed E-state index contributed by atoms with van der Waals surface area (Å²) in [5.41, 5.74) is 1.11. The molecule has 250 valence electrons. The number of hydrogen-bond donors (Lipinski definition) is 1. The van der Waals surface area contributed by atoms with E-state index < -0.39 is 29.4 Å². The standard InChI is InChI=1S/C36H23ClF3N5O3S2/c1-20-30(32(46)42-24-10-6-3-7-11-24)31(22-12-14-23(37)15-13-22)45-33(47)27(49-35(45)41-20)18-25-16-17-29(48-25)50-34-43-26(21-8-4-2-5-9-21)19-28(44-34)36(38,39)40/h2-19,31H,1H3,(H,42,46)/b27-18+/t31-/m0/s1. The molecule has 4 heterocycles. The smallest absolute Gasteiger partial charge is 0.433 e. The normalized spacial score (nSPS) is 14.7. The SMILES string of the molecule is CC1=C(C(=O)Nc2ccccc2)[C@H](c2ccc(Cl)cc2)n2c(s/c(=C/c3ccc(Sc4nc(-c5ccccc5)cc(C(F)(F)F)n4)o3)c2=O)=N1. The second kappa shape index (κ2) is 13.6. The van der Waals surface area contributed by atoms with E-state index in [-0.39, 0.29) is 26.2 Å². The number of halogens is 4. The van der Waals surface area contributed by atoms with E-state index in [4.69, 9.17) is 16.0 Å². The third-order valence-corrected chi connectivity index (χ3v) is 9.64. The van der Waals surface area contributed by atoms with E-state index in [0.717, 1.165) is 29.2 Å².